The molecular formula is C41H38FN3O2. The largest absolute Gasteiger partial charge is 0.489 e. The van der Waals surface area contributed by atoms with Crippen molar-refractivity contribution < 1.29 is 13.9 Å². The van der Waals surface area contributed by atoms with E-state index in [1.54, 1.807) is 12.1 Å². The molecule has 1 atom stereocenters. The van der Waals surface area contributed by atoms with Crippen LogP contribution in [0.15, 0.2) is 140 Å². The number of aromatic nitrogens is 1. The van der Waals surface area contributed by atoms with Crippen LogP contribution < -0.4 is 9.64 Å². The van der Waals surface area contributed by atoms with E-state index in [0.29, 0.717) is 44.9 Å². The standard InChI is InChI=1S/C41H38FN3O2/c42-38-19-8-10-21-40(38)43-22-24-44(25-23-43)41(46)27-36(33-16-11-17-34(26-33)47-30-32-14-5-2-6-15-32)37-29-45(28-31-12-3-1-4-13-31)39-20-9-7-18-35(37)39/h1-21,26,29,36H,22-25,27-28,30H2/t36-/m1/s1. The van der Waals surface area contributed by atoms with Crippen molar-refractivity contribution in [1.29, 1.82) is 0 Å². The van der Waals surface area contributed by atoms with Crippen molar-refractivity contribution in [3.05, 3.63) is 168 Å². The zero-order valence-electron chi connectivity index (χ0n) is 26.3. The van der Waals surface area contributed by atoms with Gasteiger partial charge in [-0.2, -0.15) is 0 Å². The molecule has 236 valence electrons. The van der Waals surface area contributed by atoms with Gasteiger partial charge in [-0.25, -0.2) is 4.39 Å². The summed E-state index contributed by atoms with van der Waals surface area (Å²) in [6.07, 6.45) is 2.55. The summed E-state index contributed by atoms with van der Waals surface area (Å²) >= 11 is 0. The van der Waals surface area contributed by atoms with Crippen molar-refractivity contribution in [3.63, 3.8) is 0 Å². The van der Waals surface area contributed by atoms with Gasteiger partial charge in [-0.3, -0.25) is 4.79 Å². The van der Waals surface area contributed by atoms with Crippen LogP contribution in [0.3, 0.4) is 0 Å². The van der Waals surface area contributed by atoms with Crippen LogP contribution in [0.5, 0.6) is 5.75 Å². The molecule has 0 bridgehead atoms. The topological polar surface area (TPSA) is 37.7 Å². The van der Waals surface area contributed by atoms with Crippen molar-refractivity contribution >= 4 is 22.5 Å². The monoisotopic (exact) mass is 623 g/mol. The normalized spacial score (nSPS) is 13.9. The molecule has 1 aliphatic rings. The number of piperazine rings is 1. The highest BCUT2D eigenvalue weighted by molar-refractivity contribution is 5.87. The maximum Gasteiger partial charge on any atom is 0.223 e. The van der Waals surface area contributed by atoms with E-state index in [-0.39, 0.29) is 17.6 Å². The molecule has 6 aromatic rings. The van der Waals surface area contributed by atoms with E-state index in [0.717, 1.165) is 39.9 Å². The van der Waals surface area contributed by atoms with Gasteiger partial charge in [-0.05, 0) is 52.6 Å². The highest BCUT2D eigenvalue weighted by Gasteiger charge is 2.28. The number of para-hydroxylation sites is 2. The van der Waals surface area contributed by atoms with Crippen LogP contribution in [0, 0.1) is 5.82 Å². The number of fused-ring (bicyclic) bond motifs is 1. The van der Waals surface area contributed by atoms with Crippen LogP contribution in [-0.2, 0) is 17.9 Å². The summed E-state index contributed by atoms with van der Waals surface area (Å²) in [4.78, 5) is 18.1. The van der Waals surface area contributed by atoms with E-state index >= 15 is 0 Å². The van der Waals surface area contributed by atoms with Gasteiger partial charge in [0.2, 0.25) is 5.91 Å². The lowest BCUT2D eigenvalue weighted by molar-refractivity contribution is -0.131. The minimum absolute atomic E-state index is 0.0960. The number of nitrogens with zero attached hydrogens (tertiary/aromatic N) is 3. The Balaban J connectivity index is 1.19. The van der Waals surface area contributed by atoms with Crippen LogP contribution in [0.4, 0.5) is 10.1 Å². The van der Waals surface area contributed by atoms with Gasteiger partial charge in [0.25, 0.3) is 0 Å². The molecule has 0 aliphatic carbocycles. The van der Waals surface area contributed by atoms with Gasteiger partial charge in [0.15, 0.2) is 0 Å². The number of amides is 1. The zero-order valence-corrected chi connectivity index (χ0v) is 26.3. The molecule has 0 saturated carbocycles. The van der Waals surface area contributed by atoms with E-state index in [2.05, 4.69) is 83.6 Å². The summed E-state index contributed by atoms with van der Waals surface area (Å²) in [6, 6.07) is 44.1. The van der Waals surface area contributed by atoms with Crippen LogP contribution in [0.2, 0.25) is 0 Å². The number of benzene rings is 5. The first-order valence-electron chi connectivity index (χ1n) is 16.3. The van der Waals surface area contributed by atoms with Gasteiger partial charge >= 0.3 is 0 Å². The van der Waals surface area contributed by atoms with Gasteiger partial charge in [0.1, 0.15) is 18.2 Å². The lowest BCUT2D eigenvalue weighted by Gasteiger charge is -2.36. The van der Waals surface area contributed by atoms with Crippen molar-refractivity contribution in [2.45, 2.75) is 25.5 Å². The Kier molecular flexibility index (Phi) is 9.00. The Hall–Kier alpha value is -5.36. The Morgan fingerprint density at radius 3 is 2.17 bits per heavy atom. The molecule has 0 N–H and O–H groups in total. The molecule has 1 fully saturated rings. The highest BCUT2D eigenvalue weighted by atomic mass is 19.1. The predicted octanol–water partition coefficient (Wildman–Crippen LogP) is 8.28. The lowest BCUT2D eigenvalue weighted by atomic mass is 9.87. The van der Waals surface area contributed by atoms with E-state index in [4.69, 9.17) is 4.74 Å². The predicted molar refractivity (Wildman–Crippen MR) is 186 cm³/mol. The molecule has 2 heterocycles. The maximum atomic E-state index is 14.5. The molecule has 0 radical (unpaired) electrons. The van der Waals surface area contributed by atoms with E-state index < -0.39 is 0 Å². The van der Waals surface area contributed by atoms with E-state index in [9.17, 15) is 9.18 Å². The summed E-state index contributed by atoms with van der Waals surface area (Å²) < 4.78 is 23.0. The summed E-state index contributed by atoms with van der Waals surface area (Å²) in [6.45, 7) is 3.50. The third-order valence-electron chi connectivity index (χ3n) is 9.10. The van der Waals surface area contributed by atoms with Gasteiger partial charge in [0, 0.05) is 62.2 Å². The third-order valence-corrected chi connectivity index (χ3v) is 9.10. The van der Waals surface area contributed by atoms with Gasteiger partial charge in [0.05, 0.1) is 5.69 Å². The van der Waals surface area contributed by atoms with Crippen LogP contribution in [-0.4, -0.2) is 41.6 Å². The second-order valence-electron chi connectivity index (χ2n) is 12.1. The SMILES string of the molecule is O=C(C[C@H](c1cccc(OCc2ccccc2)c1)c1cn(Cc2ccccc2)c2ccccc12)N1CCN(c2ccccc2F)CC1. The Bertz CT molecular complexity index is 1950. The minimum atomic E-state index is -0.228. The van der Waals surface area contributed by atoms with Crippen molar-refractivity contribution in [2.75, 3.05) is 31.1 Å². The minimum Gasteiger partial charge on any atom is -0.489 e. The smallest absolute Gasteiger partial charge is 0.223 e. The quantitative estimate of drug-likeness (QED) is 0.154. The fourth-order valence-electron chi connectivity index (χ4n) is 6.64. The Labute approximate surface area is 275 Å². The molecule has 5 aromatic carbocycles. The van der Waals surface area contributed by atoms with Gasteiger partial charge < -0.3 is 19.1 Å². The Morgan fingerprint density at radius 1 is 0.723 bits per heavy atom. The number of carbonyl (C=O) groups is 1. The van der Waals surface area contributed by atoms with Crippen molar-refractivity contribution in [2.24, 2.45) is 0 Å². The summed E-state index contributed by atoms with van der Waals surface area (Å²) in [7, 11) is 0. The molecule has 47 heavy (non-hydrogen) atoms. The highest BCUT2D eigenvalue weighted by Crippen LogP contribution is 2.37. The molecule has 1 aromatic heterocycles. The Morgan fingerprint density at radius 2 is 1.40 bits per heavy atom. The first-order valence-corrected chi connectivity index (χ1v) is 16.3. The first-order chi connectivity index (χ1) is 23.1. The average molecular weight is 624 g/mol. The number of hydrogen-bond acceptors (Lipinski definition) is 3. The van der Waals surface area contributed by atoms with Crippen molar-refractivity contribution in [3.8, 4) is 5.75 Å². The lowest BCUT2D eigenvalue weighted by Crippen LogP contribution is -2.49. The number of carbonyl (C=O) groups excluding carboxylic acids is 1. The fourth-order valence-corrected chi connectivity index (χ4v) is 6.64. The second kappa shape index (κ2) is 14.0. The zero-order chi connectivity index (χ0) is 32.0. The third kappa shape index (κ3) is 6.92. The number of anilines is 1. The summed E-state index contributed by atoms with van der Waals surface area (Å²) in [5.74, 6) is 0.455. The first kappa shape index (κ1) is 30.3. The molecule has 1 aliphatic heterocycles. The number of hydrogen-bond donors (Lipinski definition) is 0. The number of rotatable bonds is 10. The number of ether oxygens (including phenoxy) is 1. The van der Waals surface area contributed by atoms with Gasteiger partial charge in [-0.15, -0.1) is 0 Å². The number of halogens is 1. The molecule has 0 spiro atoms. The molecule has 1 amide bonds. The van der Waals surface area contributed by atoms with Gasteiger partial charge in [-0.1, -0.05) is 103 Å². The average Bonchev–Trinajstić information content (AvgIpc) is 3.48. The molecule has 0 unspecified atom stereocenters. The van der Waals surface area contributed by atoms with Crippen LogP contribution in [0.1, 0.15) is 34.6 Å². The molecule has 7 rings (SSSR count). The van der Waals surface area contributed by atoms with E-state index in [1.165, 1.54) is 11.6 Å². The molecular weight excluding hydrogens is 585 g/mol. The molecule has 6 heteroatoms. The van der Waals surface area contributed by atoms with Crippen LogP contribution >= 0.6 is 0 Å². The fraction of sp³-hybridized carbons (Fsp3) is 0.195. The summed E-state index contributed by atoms with van der Waals surface area (Å²) in [5.41, 5.74) is 6.21. The second-order valence-corrected chi connectivity index (χ2v) is 12.1. The molecule has 1 saturated heterocycles. The van der Waals surface area contributed by atoms with E-state index in [1.807, 2.05) is 52.3 Å². The molecule has 5 nitrogen and oxygen atoms in total. The van der Waals surface area contributed by atoms with Crippen molar-refractivity contribution in [1.82, 2.24) is 9.47 Å². The maximum absolute atomic E-state index is 14.5. The summed E-state index contributed by atoms with van der Waals surface area (Å²) in [5, 5.41) is 1.14. The van der Waals surface area contributed by atoms with Crippen LogP contribution in [0.25, 0.3) is 10.9 Å².